The Hall–Kier alpha value is -2.90. The molecule has 1 heterocycles. The van der Waals surface area contributed by atoms with Crippen molar-refractivity contribution in [2.45, 2.75) is 38.6 Å². The normalized spacial score (nSPS) is 18.6. The summed E-state index contributed by atoms with van der Waals surface area (Å²) in [6, 6.07) is 13.5. The maximum Gasteiger partial charge on any atom is 0.272 e. The molecular formula is C27H37N5O2. The number of piperazine rings is 1. The molecule has 0 spiro atoms. The van der Waals surface area contributed by atoms with E-state index in [2.05, 4.69) is 22.8 Å². The number of rotatable bonds is 8. The molecule has 0 saturated carbocycles. The topological polar surface area (TPSA) is 96.9 Å². The van der Waals surface area contributed by atoms with E-state index in [0.29, 0.717) is 36.1 Å². The van der Waals surface area contributed by atoms with E-state index in [4.69, 9.17) is 11.1 Å². The van der Waals surface area contributed by atoms with Gasteiger partial charge in [-0.05, 0) is 55.5 Å². The van der Waals surface area contributed by atoms with Crippen molar-refractivity contribution in [3.63, 3.8) is 0 Å². The summed E-state index contributed by atoms with van der Waals surface area (Å²) in [6.07, 6.45) is 4.14. The van der Waals surface area contributed by atoms with Gasteiger partial charge in [0.1, 0.15) is 11.5 Å². The quantitative estimate of drug-likeness (QED) is 0.413. The standard InChI is InChI=1S/C27H37N5O2/c1-2-12-31(21-10-11-22-20(19-21)6-5-9-25(22)33)16-13-30-14-17-32(18-15-30)27(34)26(29)23-7-3-4-8-24(23)28/h3-9,21,29,33H,2,10-19,28H2,1H3. The van der Waals surface area contributed by atoms with Crippen LogP contribution in [0.3, 0.4) is 0 Å². The molecule has 2 aromatic carbocycles. The van der Waals surface area contributed by atoms with E-state index in [-0.39, 0.29) is 11.6 Å². The molecule has 1 atom stereocenters. The number of amides is 1. The maximum atomic E-state index is 12.8. The molecule has 7 nitrogen and oxygen atoms in total. The van der Waals surface area contributed by atoms with Crippen LogP contribution in [0.4, 0.5) is 5.69 Å². The molecule has 1 aliphatic heterocycles. The Bertz CT molecular complexity index is 1020. The number of phenols is 1. The fraction of sp³-hybridized carbons (Fsp3) is 0.481. The second-order valence-corrected chi connectivity index (χ2v) is 9.44. The highest BCUT2D eigenvalue weighted by atomic mass is 16.3. The SMILES string of the molecule is CCCN(CCN1CCN(C(=O)C(=N)c2ccccc2N)CC1)C1CCc2c(O)cccc2C1. The van der Waals surface area contributed by atoms with Gasteiger partial charge in [0.2, 0.25) is 0 Å². The smallest absolute Gasteiger partial charge is 0.272 e. The molecule has 4 N–H and O–H groups in total. The van der Waals surface area contributed by atoms with Crippen LogP contribution in [0.2, 0.25) is 0 Å². The van der Waals surface area contributed by atoms with Crippen LogP contribution >= 0.6 is 0 Å². The zero-order valence-electron chi connectivity index (χ0n) is 20.2. The molecule has 0 aromatic heterocycles. The average Bonchev–Trinajstić information content (AvgIpc) is 2.86. The van der Waals surface area contributed by atoms with Gasteiger partial charge in [0.15, 0.2) is 0 Å². The number of phenolic OH excluding ortho intramolecular Hbond substituents is 1. The molecular weight excluding hydrogens is 426 g/mol. The summed E-state index contributed by atoms with van der Waals surface area (Å²) in [4.78, 5) is 19.7. The van der Waals surface area contributed by atoms with Crippen molar-refractivity contribution in [2.24, 2.45) is 0 Å². The lowest BCUT2D eigenvalue weighted by molar-refractivity contribution is -0.125. The summed E-state index contributed by atoms with van der Waals surface area (Å²) in [5.41, 5.74) is 9.32. The predicted molar refractivity (Wildman–Crippen MR) is 136 cm³/mol. The summed E-state index contributed by atoms with van der Waals surface area (Å²) in [5, 5.41) is 18.5. The van der Waals surface area contributed by atoms with Gasteiger partial charge in [-0.2, -0.15) is 0 Å². The Morgan fingerprint density at radius 2 is 1.88 bits per heavy atom. The van der Waals surface area contributed by atoms with Crippen LogP contribution in [0.5, 0.6) is 5.75 Å². The minimum Gasteiger partial charge on any atom is -0.508 e. The van der Waals surface area contributed by atoms with E-state index in [1.807, 2.05) is 12.1 Å². The monoisotopic (exact) mass is 463 g/mol. The van der Waals surface area contributed by atoms with Gasteiger partial charge in [0.25, 0.3) is 5.91 Å². The highest BCUT2D eigenvalue weighted by Gasteiger charge is 2.28. The maximum absolute atomic E-state index is 12.8. The molecule has 0 radical (unpaired) electrons. The minimum atomic E-state index is -0.241. The lowest BCUT2D eigenvalue weighted by Gasteiger charge is -2.39. The summed E-state index contributed by atoms with van der Waals surface area (Å²) >= 11 is 0. The molecule has 7 heteroatoms. The Kier molecular flexibility index (Phi) is 7.85. The van der Waals surface area contributed by atoms with Gasteiger partial charge in [-0.25, -0.2) is 0 Å². The van der Waals surface area contributed by atoms with Crippen molar-refractivity contribution in [1.82, 2.24) is 14.7 Å². The average molecular weight is 464 g/mol. The molecule has 4 rings (SSSR count). The van der Waals surface area contributed by atoms with Crippen LogP contribution < -0.4 is 5.73 Å². The number of hydrogen-bond donors (Lipinski definition) is 3. The van der Waals surface area contributed by atoms with Gasteiger partial charge in [-0.1, -0.05) is 37.3 Å². The first kappa shape index (κ1) is 24.2. The molecule has 34 heavy (non-hydrogen) atoms. The van der Waals surface area contributed by atoms with Crippen molar-refractivity contribution in [1.29, 1.82) is 5.41 Å². The summed E-state index contributed by atoms with van der Waals surface area (Å²) in [7, 11) is 0. The lowest BCUT2D eigenvalue weighted by Crippen LogP contribution is -2.52. The number of hydrogen-bond acceptors (Lipinski definition) is 6. The van der Waals surface area contributed by atoms with Crippen molar-refractivity contribution >= 4 is 17.3 Å². The van der Waals surface area contributed by atoms with Crippen molar-refractivity contribution in [3.8, 4) is 5.75 Å². The molecule has 2 aromatic rings. The first-order chi connectivity index (χ1) is 16.5. The molecule has 1 fully saturated rings. The van der Waals surface area contributed by atoms with E-state index in [1.54, 1.807) is 29.2 Å². The van der Waals surface area contributed by atoms with E-state index in [1.165, 1.54) is 5.56 Å². The van der Waals surface area contributed by atoms with Gasteiger partial charge in [0.05, 0.1) is 0 Å². The molecule has 2 aliphatic rings. The zero-order chi connectivity index (χ0) is 24.1. The van der Waals surface area contributed by atoms with E-state index in [0.717, 1.165) is 64.0 Å². The molecule has 1 unspecified atom stereocenters. The van der Waals surface area contributed by atoms with Crippen LogP contribution in [-0.4, -0.2) is 83.3 Å². The third-order valence-corrected chi connectivity index (χ3v) is 7.27. The van der Waals surface area contributed by atoms with Crippen molar-refractivity contribution in [2.75, 3.05) is 51.5 Å². The summed E-state index contributed by atoms with van der Waals surface area (Å²) < 4.78 is 0. The Morgan fingerprint density at radius 1 is 1.12 bits per heavy atom. The largest absolute Gasteiger partial charge is 0.508 e. The highest BCUT2D eigenvalue weighted by Crippen LogP contribution is 2.30. The first-order valence-electron chi connectivity index (χ1n) is 12.5. The Labute approximate surface area is 202 Å². The zero-order valence-corrected chi connectivity index (χ0v) is 20.2. The molecule has 1 saturated heterocycles. The fourth-order valence-electron chi connectivity index (χ4n) is 5.29. The van der Waals surface area contributed by atoms with E-state index in [9.17, 15) is 9.90 Å². The van der Waals surface area contributed by atoms with Crippen LogP contribution in [0.15, 0.2) is 42.5 Å². The highest BCUT2D eigenvalue weighted by molar-refractivity contribution is 6.45. The molecule has 1 aliphatic carbocycles. The third-order valence-electron chi connectivity index (χ3n) is 7.27. The van der Waals surface area contributed by atoms with E-state index >= 15 is 0 Å². The lowest BCUT2D eigenvalue weighted by atomic mass is 9.87. The van der Waals surface area contributed by atoms with E-state index < -0.39 is 0 Å². The number of fused-ring (bicyclic) bond motifs is 1. The van der Waals surface area contributed by atoms with Crippen LogP contribution in [0.1, 0.15) is 36.5 Å². The van der Waals surface area contributed by atoms with Crippen LogP contribution in [-0.2, 0) is 17.6 Å². The minimum absolute atomic E-state index is 0.0238. The third kappa shape index (κ3) is 5.42. The second-order valence-electron chi connectivity index (χ2n) is 9.44. The molecule has 182 valence electrons. The first-order valence-corrected chi connectivity index (χ1v) is 12.5. The van der Waals surface area contributed by atoms with Gasteiger partial charge in [0, 0.05) is 56.6 Å². The number of aromatic hydroxyl groups is 1. The Balaban J connectivity index is 1.28. The number of nitrogens with zero attached hydrogens (tertiary/aromatic N) is 3. The number of benzene rings is 2. The fourth-order valence-corrected chi connectivity index (χ4v) is 5.29. The van der Waals surface area contributed by atoms with Crippen molar-refractivity contribution in [3.05, 3.63) is 59.2 Å². The van der Waals surface area contributed by atoms with Gasteiger partial charge >= 0.3 is 0 Å². The summed E-state index contributed by atoms with van der Waals surface area (Å²) in [6.45, 7) is 8.22. The second kappa shape index (κ2) is 11.0. The summed E-state index contributed by atoms with van der Waals surface area (Å²) in [5.74, 6) is 0.197. The predicted octanol–water partition coefficient (Wildman–Crippen LogP) is 2.76. The number of carbonyl (C=O) groups excluding carboxylic acids is 1. The number of para-hydroxylation sites is 1. The number of carbonyl (C=O) groups is 1. The molecule has 0 bridgehead atoms. The van der Waals surface area contributed by atoms with Gasteiger partial charge in [-0.3, -0.25) is 20.0 Å². The van der Waals surface area contributed by atoms with Crippen LogP contribution in [0.25, 0.3) is 0 Å². The van der Waals surface area contributed by atoms with Crippen molar-refractivity contribution < 1.29 is 9.90 Å². The van der Waals surface area contributed by atoms with Crippen LogP contribution in [0, 0.1) is 5.41 Å². The molecule has 1 amide bonds. The number of nitrogen functional groups attached to an aromatic ring is 1. The van der Waals surface area contributed by atoms with Gasteiger partial charge in [-0.15, -0.1) is 0 Å². The van der Waals surface area contributed by atoms with Gasteiger partial charge < -0.3 is 15.7 Å². The number of anilines is 1. The number of nitrogens with one attached hydrogen (secondary N) is 1. The Morgan fingerprint density at radius 3 is 2.62 bits per heavy atom. The number of nitrogens with two attached hydrogens (primary N) is 1.